The number of amides is 1. The maximum absolute atomic E-state index is 12.2. The number of rotatable bonds is 6. The fraction of sp³-hybridized carbons (Fsp3) is 0.118. The molecule has 0 unspecified atom stereocenters. The van der Waals surface area contributed by atoms with Crippen molar-refractivity contribution in [3.63, 3.8) is 0 Å². The fourth-order valence-corrected chi connectivity index (χ4v) is 2.25. The number of ketones is 1. The van der Waals surface area contributed by atoms with Gasteiger partial charge < -0.3 is 20.3 Å². The summed E-state index contributed by atoms with van der Waals surface area (Å²) in [7, 11) is 1.49. The predicted molar refractivity (Wildman–Crippen MR) is 96.2 cm³/mol. The number of pyridine rings is 3. The SMILES string of the molecule is COc1ccc2ncc(OCC(=O)c3ccc(NC(=O)O)cn3)c(N)c2n1. The first-order valence-electron chi connectivity index (χ1n) is 7.69. The van der Waals surface area contributed by atoms with Crippen LogP contribution in [0.5, 0.6) is 11.6 Å². The van der Waals surface area contributed by atoms with Gasteiger partial charge in [-0.05, 0) is 18.2 Å². The Morgan fingerprint density at radius 3 is 2.67 bits per heavy atom. The van der Waals surface area contributed by atoms with E-state index < -0.39 is 11.9 Å². The number of carbonyl (C=O) groups is 2. The molecule has 4 N–H and O–H groups in total. The molecule has 0 atom stereocenters. The highest BCUT2D eigenvalue weighted by Gasteiger charge is 2.13. The molecule has 0 aromatic carbocycles. The number of nitrogens with one attached hydrogen (secondary N) is 1. The number of nitrogens with zero attached hydrogens (tertiary/aromatic N) is 3. The number of hydrogen-bond acceptors (Lipinski definition) is 8. The summed E-state index contributed by atoms with van der Waals surface area (Å²) in [6.45, 7) is -0.319. The number of methoxy groups -OCH3 is 1. The molecule has 3 rings (SSSR count). The number of carbonyl (C=O) groups excluding carboxylic acids is 1. The summed E-state index contributed by atoms with van der Waals surface area (Å²) in [4.78, 5) is 35.1. The molecule has 3 heterocycles. The molecule has 1 amide bonds. The van der Waals surface area contributed by atoms with Crippen molar-refractivity contribution < 1.29 is 24.2 Å². The molecule has 0 saturated heterocycles. The molecule has 27 heavy (non-hydrogen) atoms. The first-order chi connectivity index (χ1) is 13.0. The first kappa shape index (κ1) is 17.9. The molecule has 10 nitrogen and oxygen atoms in total. The summed E-state index contributed by atoms with van der Waals surface area (Å²) in [5.74, 6) is 0.180. The van der Waals surface area contributed by atoms with Gasteiger partial charge in [0, 0.05) is 6.07 Å². The third-order valence-electron chi connectivity index (χ3n) is 3.56. The van der Waals surface area contributed by atoms with Gasteiger partial charge in [-0.15, -0.1) is 0 Å². The van der Waals surface area contributed by atoms with Crippen LogP contribution in [-0.2, 0) is 0 Å². The monoisotopic (exact) mass is 369 g/mol. The lowest BCUT2D eigenvalue weighted by Crippen LogP contribution is -2.14. The molecule has 10 heteroatoms. The normalized spacial score (nSPS) is 10.4. The molecular weight excluding hydrogens is 354 g/mol. The maximum Gasteiger partial charge on any atom is 0.409 e. The van der Waals surface area contributed by atoms with E-state index in [-0.39, 0.29) is 29.4 Å². The van der Waals surface area contributed by atoms with Crippen LogP contribution in [0.1, 0.15) is 10.5 Å². The number of hydrogen-bond donors (Lipinski definition) is 3. The Balaban J connectivity index is 1.73. The largest absolute Gasteiger partial charge is 0.481 e. The van der Waals surface area contributed by atoms with Crippen LogP contribution in [0.15, 0.2) is 36.7 Å². The number of aromatic nitrogens is 3. The summed E-state index contributed by atoms with van der Waals surface area (Å²) in [6.07, 6.45) is 1.43. The highest BCUT2D eigenvalue weighted by atomic mass is 16.5. The Morgan fingerprint density at radius 1 is 1.19 bits per heavy atom. The number of nitrogen functional groups attached to an aromatic ring is 1. The van der Waals surface area contributed by atoms with Crippen LogP contribution in [-0.4, -0.2) is 45.7 Å². The Bertz CT molecular complexity index is 1010. The lowest BCUT2D eigenvalue weighted by molar-refractivity contribution is 0.0917. The second-order valence-corrected chi connectivity index (χ2v) is 5.33. The zero-order valence-electron chi connectivity index (χ0n) is 14.2. The number of anilines is 2. The fourth-order valence-electron chi connectivity index (χ4n) is 2.25. The van der Waals surface area contributed by atoms with E-state index in [1.54, 1.807) is 12.1 Å². The van der Waals surface area contributed by atoms with E-state index in [1.807, 2.05) is 0 Å². The van der Waals surface area contributed by atoms with Crippen molar-refractivity contribution >= 4 is 34.3 Å². The number of carboxylic acid groups (broad SMARTS) is 1. The summed E-state index contributed by atoms with van der Waals surface area (Å²) in [5.41, 5.74) is 7.64. The molecule has 0 aliphatic rings. The minimum absolute atomic E-state index is 0.123. The van der Waals surface area contributed by atoms with E-state index >= 15 is 0 Å². The van der Waals surface area contributed by atoms with E-state index in [1.165, 1.54) is 31.6 Å². The van der Waals surface area contributed by atoms with Gasteiger partial charge in [0.1, 0.15) is 16.9 Å². The smallest absolute Gasteiger partial charge is 0.409 e. The summed E-state index contributed by atoms with van der Waals surface area (Å²) >= 11 is 0. The zero-order chi connectivity index (χ0) is 19.4. The highest BCUT2D eigenvalue weighted by molar-refractivity contribution is 5.96. The Morgan fingerprint density at radius 2 is 2.00 bits per heavy atom. The Hall–Kier alpha value is -3.95. The van der Waals surface area contributed by atoms with Gasteiger partial charge in [-0.25, -0.2) is 9.78 Å². The molecule has 0 radical (unpaired) electrons. The third kappa shape index (κ3) is 4.00. The van der Waals surface area contributed by atoms with Gasteiger partial charge in [0.05, 0.1) is 30.7 Å². The minimum atomic E-state index is -1.22. The van der Waals surface area contributed by atoms with Gasteiger partial charge >= 0.3 is 6.09 Å². The molecule has 3 aromatic rings. The zero-order valence-corrected chi connectivity index (χ0v) is 14.2. The van der Waals surface area contributed by atoms with Crippen molar-refractivity contribution in [1.29, 1.82) is 0 Å². The number of nitrogens with two attached hydrogens (primary N) is 1. The molecule has 3 aromatic heterocycles. The molecule has 0 bridgehead atoms. The quantitative estimate of drug-likeness (QED) is 0.554. The van der Waals surface area contributed by atoms with Crippen LogP contribution in [0, 0.1) is 0 Å². The van der Waals surface area contributed by atoms with Crippen molar-refractivity contribution in [2.24, 2.45) is 0 Å². The second-order valence-electron chi connectivity index (χ2n) is 5.33. The van der Waals surface area contributed by atoms with E-state index in [2.05, 4.69) is 20.3 Å². The third-order valence-corrected chi connectivity index (χ3v) is 3.56. The van der Waals surface area contributed by atoms with Crippen LogP contribution in [0.3, 0.4) is 0 Å². The van der Waals surface area contributed by atoms with Crippen LogP contribution < -0.4 is 20.5 Å². The van der Waals surface area contributed by atoms with Gasteiger partial charge in [0.15, 0.2) is 12.4 Å². The van der Waals surface area contributed by atoms with Crippen molar-refractivity contribution in [2.45, 2.75) is 0 Å². The van der Waals surface area contributed by atoms with Crippen molar-refractivity contribution in [3.8, 4) is 11.6 Å². The number of fused-ring (bicyclic) bond motifs is 1. The van der Waals surface area contributed by atoms with Crippen molar-refractivity contribution in [2.75, 3.05) is 24.8 Å². The van der Waals surface area contributed by atoms with Gasteiger partial charge in [-0.1, -0.05) is 0 Å². The standard InChI is InChI=1S/C17H15N5O5/c1-26-14-5-4-11-16(22-14)15(18)13(7-20-11)27-8-12(23)10-3-2-9(6-19-10)21-17(24)25/h2-7,21H,8H2,1H3,(H2,18,20)(H,24,25). The predicted octanol–water partition coefficient (Wildman–Crippen LogP) is 1.97. The molecule has 138 valence electrons. The van der Waals surface area contributed by atoms with Crippen LogP contribution >= 0.6 is 0 Å². The average molecular weight is 369 g/mol. The van der Waals surface area contributed by atoms with Gasteiger partial charge in [0.25, 0.3) is 0 Å². The van der Waals surface area contributed by atoms with Crippen LogP contribution in [0.2, 0.25) is 0 Å². The lowest BCUT2D eigenvalue weighted by Gasteiger charge is -2.10. The van der Waals surface area contributed by atoms with Crippen molar-refractivity contribution in [1.82, 2.24) is 15.0 Å². The second kappa shape index (κ2) is 7.52. The topological polar surface area (TPSA) is 150 Å². The lowest BCUT2D eigenvalue weighted by atomic mass is 10.2. The minimum Gasteiger partial charge on any atom is -0.481 e. The Labute approximate surface area is 153 Å². The summed E-state index contributed by atoms with van der Waals surface area (Å²) < 4.78 is 10.5. The Kier molecular flexibility index (Phi) is 4.97. The molecule has 0 aliphatic heterocycles. The number of ether oxygens (including phenoxy) is 2. The first-order valence-corrected chi connectivity index (χ1v) is 7.69. The summed E-state index contributed by atoms with van der Waals surface area (Å²) in [5, 5.41) is 10.8. The van der Waals surface area contributed by atoms with E-state index in [0.717, 1.165) is 0 Å². The van der Waals surface area contributed by atoms with E-state index in [9.17, 15) is 9.59 Å². The molecule has 0 saturated carbocycles. The van der Waals surface area contributed by atoms with Gasteiger partial charge in [-0.3, -0.25) is 20.1 Å². The summed E-state index contributed by atoms with van der Waals surface area (Å²) in [6, 6.07) is 6.19. The van der Waals surface area contributed by atoms with Crippen molar-refractivity contribution in [3.05, 3.63) is 42.4 Å². The maximum atomic E-state index is 12.2. The van der Waals surface area contributed by atoms with E-state index in [4.69, 9.17) is 20.3 Å². The van der Waals surface area contributed by atoms with E-state index in [0.29, 0.717) is 16.9 Å². The highest BCUT2D eigenvalue weighted by Crippen LogP contribution is 2.28. The average Bonchev–Trinajstić information content (AvgIpc) is 2.67. The number of Topliss-reactive ketones (excluding diaryl/α,β-unsaturated/α-hetero) is 1. The van der Waals surface area contributed by atoms with Crippen LogP contribution in [0.4, 0.5) is 16.2 Å². The molecule has 0 aliphatic carbocycles. The molecular formula is C17H15N5O5. The van der Waals surface area contributed by atoms with Crippen LogP contribution in [0.25, 0.3) is 11.0 Å². The van der Waals surface area contributed by atoms with Gasteiger partial charge in [0.2, 0.25) is 11.7 Å². The van der Waals surface area contributed by atoms with Gasteiger partial charge in [-0.2, -0.15) is 0 Å². The molecule has 0 fully saturated rings. The molecule has 0 spiro atoms.